The maximum absolute atomic E-state index is 5.81. The molecule has 2 aromatic rings. The summed E-state index contributed by atoms with van der Waals surface area (Å²) in [5.74, 6) is 1.15. The molecule has 112 valence electrons. The lowest BCUT2D eigenvalue weighted by Gasteiger charge is -2.15. The number of nitrogens with one attached hydrogen (secondary N) is 1. The van der Waals surface area contributed by atoms with Gasteiger partial charge in [-0.3, -0.25) is 0 Å². The van der Waals surface area contributed by atoms with Gasteiger partial charge in [0.1, 0.15) is 11.3 Å². The molecule has 5 heteroatoms. The molecule has 0 saturated carbocycles. The Labute approximate surface area is 124 Å². The zero-order valence-corrected chi connectivity index (χ0v) is 12.3. The number of imidazole rings is 1. The van der Waals surface area contributed by atoms with Crippen LogP contribution in [0, 0.1) is 0 Å². The van der Waals surface area contributed by atoms with Crippen LogP contribution in [0.25, 0.3) is 11.2 Å². The summed E-state index contributed by atoms with van der Waals surface area (Å²) in [6, 6.07) is 4.58. The molecule has 2 saturated heterocycles. The van der Waals surface area contributed by atoms with Crippen molar-refractivity contribution in [3.63, 3.8) is 0 Å². The van der Waals surface area contributed by atoms with Crippen molar-refractivity contribution in [1.29, 1.82) is 0 Å². The van der Waals surface area contributed by atoms with E-state index in [1.807, 2.05) is 12.3 Å². The normalized spacial score (nSPS) is 25.9. The molecule has 0 aromatic carbocycles. The molecule has 2 aromatic heterocycles. The fraction of sp³-hybridized carbons (Fsp3) is 0.625. The molecule has 4 rings (SSSR count). The van der Waals surface area contributed by atoms with Gasteiger partial charge in [0, 0.05) is 25.3 Å². The quantitative estimate of drug-likeness (QED) is 0.933. The topological polar surface area (TPSA) is 52.0 Å². The van der Waals surface area contributed by atoms with Gasteiger partial charge in [0.15, 0.2) is 5.65 Å². The third-order valence-corrected chi connectivity index (χ3v) is 4.58. The van der Waals surface area contributed by atoms with Crippen LogP contribution in [0.1, 0.15) is 31.5 Å². The molecule has 0 radical (unpaired) electrons. The minimum absolute atomic E-state index is 0.319. The van der Waals surface area contributed by atoms with Crippen LogP contribution in [0.3, 0.4) is 0 Å². The summed E-state index contributed by atoms with van der Waals surface area (Å²) in [6.45, 7) is 2.91. The van der Waals surface area contributed by atoms with E-state index in [-0.39, 0.29) is 0 Å². The SMILES string of the molecule is c1cnc2c(c1)nc(CC1CCCN1)n2CC1CCCO1. The summed E-state index contributed by atoms with van der Waals surface area (Å²) in [4.78, 5) is 9.37. The van der Waals surface area contributed by atoms with Crippen LogP contribution < -0.4 is 5.32 Å². The van der Waals surface area contributed by atoms with Gasteiger partial charge in [0.2, 0.25) is 0 Å². The Balaban J connectivity index is 1.65. The molecule has 5 nitrogen and oxygen atoms in total. The lowest BCUT2D eigenvalue weighted by Crippen LogP contribution is -2.26. The fourth-order valence-corrected chi connectivity index (χ4v) is 3.50. The van der Waals surface area contributed by atoms with Gasteiger partial charge in [0.05, 0.1) is 12.6 Å². The first kappa shape index (κ1) is 13.2. The Kier molecular flexibility index (Phi) is 3.61. The van der Waals surface area contributed by atoms with E-state index >= 15 is 0 Å². The van der Waals surface area contributed by atoms with E-state index in [2.05, 4.69) is 20.9 Å². The van der Waals surface area contributed by atoms with E-state index < -0.39 is 0 Å². The van der Waals surface area contributed by atoms with E-state index in [0.29, 0.717) is 12.1 Å². The smallest absolute Gasteiger partial charge is 0.160 e. The molecule has 2 aliphatic rings. The minimum Gasteiger partial charge on any atom is -0.376 e. The Morgan fingerprint density at radius 3 is 3.14 bits per heavy atom. The Morgan fingerprint density at radius 2 is 2.33 bits per heavy atom. The molecular weight excluding hydrogens is 264 g/mol. The number of hydrogen-bond donors (Lipinski definition) is 1. The van der Waals surface area contributed by atoms with Crippen molar-refractivity contribution < 1.29 is 4.74 Å². The number of aromatic nitrogens is 3. The van der Waals surface area contributed by atoms with E-state index in [1.165, 1.54) is 19.3 Å². The van der Waals surface area contributed by atoms with Crippen LogP contribution in [0.2, 0.25) is 0 Å². The van der Waals surface area contributed by atoms with Crippen molar-refractivity contribution in [1.82, 2.24) is 19.9 Å². The van der Waals surface area contributed by atoms with Gasteiger partial charge in [-0.25, -0.2) is 9.97 Å². The summed E-state index contributed by atoms with van der Waals surface area (Å²) in [5, 5.41) is 3.57. The number of nitrogens with zero attached hydrogens (tertiary/aromatic N) is 3. The zero-order chi connectivity index (χ0) is 14.1. The molecule has 2 atom stereocenters. The van der Waals surface area contributed by atoms with E-state index in [4.69, 9.17) is 9.72 Å². The molecule has 0 spiro atoms. The fourth-order valence-electron chi connectivity index (χ4n) is 3.50. The van der Waals surface area contributed by atoms with Gasteiger partial charge in [-0.1, -0.05) is 0 Å². The Morgan fingerprint density at radius 1 is 1.33 bits per heavy atom. The van der Waals surface area contributed by atoms with Gasteiger partial charge >= 0.3 is 0 Å². The van der Waals surface area contributed by atoms with Crippen LogP contribution in [0.15, 0.2) is 18.3 Å². The lowest BCUT2D eigenvalue weighted by atomic mass is 10.1. The number of pyridine rings is 1. The highest BCUT2D eigenvalue weighted by Crippen LogP contribution is 2.21. The number of ether oxygens (including phenoxy) is 1. The predicted molar refractivity (Wildman–Crippen MR) is 81.2 cm³/mol. The third kappa shape index (κ3) is 2.68. The highest BCUT2D eigenvalue weighted by atomic mass is 16.5. The number of hydrogen-bond acceptors (Lipinski definition) is 4. The second kappa shape index (κ2) is 5.73. The van der Waals surface area contributed by atoms with E-state index in [0.717, 1.165) is 49.5 Å². The average Bonchev–Trinajstić information content (AvgIpc) is 3.23. The Bertz CT molecular complexity index is 612. The first-order valence-corrected chi connectivity index (χ1v) is 8.05. The molecule has 0 bridgehead atoms. The molecule has 2 fully saturated rings. The molecule has 2 unspecified atom stereocenters. The monoisotopic (exact) mass is 286 g/mol. The van der Waals surface area contributed by atoms with Crippen molar-refractivity contribution in [2.45, 2.75) is 50.8 Å². The maximum atomic E-state index is 5.81. The van der Waals surface area contributed by atoms with Crippen molar-refractivity contribution in [2.24, 2.45) is 0 Å². The molecular formula is C16H22N4O. The minimum atomic E-state index is 0.319. The first-order chi connectivity index (χ1) is 10.4. The summed E-state index contributed by atoms with van der Waals surface area (Å²) < 4.78 is 8.09. The second-order valence-electron chi connectivity index (χ2n) is 6.12. The highest BCUT2D eigenvalue weighted by Gasteiger charge is 2.23. The van der Waals surface area contributed by atoms with Gasteiger partial charge < -0.3 is 14.6 Å². The maximum Gasteiger partial charge on any atom is 0.160 e. The lowest BCUT2D eigenvalue weighted by molar-refractivity contribution is 0.0970. The molecule has 21 heavy (non-hydrogen) atoms. The van der Waals surface area contributed by atoms with Crippen LogP contribution in [0.4, 0.5) is 0 Å². The van der Waals surface area contributed by atoms with Gasteiger partial charge in [-0.15, -0.1) is 0 Å². The molecule has 0 amide bonds. The second-order valence-corrected chi connectivity index (χ2v) is 6.12. The molecule has 1 N–H and O–H groups in total. The highest BCUT2D eigenvalue weighted by molar-refractivity contribution is 5.71. The van der Waals surface area contributed by atoms with Crippen LogP contribution >= 0.6 is 0 Å². The van der Waals surface area contributed by atoms with Crippen molar-refractivity contribution >= 4 is 11.2 Å². The van der Waals surface area contributed by atoms with Crippen LogP contribution in [-0.4, -0.2) is 39.8 Å². The molecule has 0 aliphatic carbocycles. The van der Waals surface area contributed by atoms with E-state index in [1.54, 1.807) is 0 Å². The van der Waals surface area contributed by atoms with Crippen molar-refractivity contribution in [3.8, 4) is 0 Å². The number of fused-ring (bicyclic) bond motifs is 1. The van der Waals surface area contributed by atoms with Crippen LogP contribution in [0.5, 0.6) is 0 Å². The van der Waals surface area contributed by atoms with Gasteiger partial charge in [-0.2, -0.15) is 0 Å². The summed E-state index contributed by atoms with van der Waals surface area (Å²) in [6.07, 6.45) is 8.00. The Hall–Kier alpha value is -1.46. The van der Waals surface area contributed by atoms with Gasteiger partial charge in [0.25, 0.3) is 0 Å². The molecule has 4 heterocycles. The molecule has 2 aliphatic heterocycles. The first-order valence-electron chi connectivity index (χ1n) is 8.05. The average molecular weight is 286 g/mol. The van der Waals surface area contributed by atoms with Crippen molar-refractivity contribution in [3.05, 3.63) is 24.2 Å². The summed E-state index contributed by atoms with van der Waals surface area (Å²) >= 11 is 0. The zero-order valence-electron chi connectivity index (χ0n) is 12.3. The third-order valence-electron chi connectivity index (χ3n) is 4.58. The predicted octanol–water partition coefficient (Wildman–Crippen LogP) is 1.90. The van der Waals surface area contributed by atoms with Crippen molar-refractivity contribution in [2.75, 3.05) is 13.2 Å². The van der Waals surface area contributed by atoms with E-state index in [9.17, 15) is 0 Å². The standard InChI is InChI=1S/C16H22N4O/c1-4-12(17-7-1)10-15-19-14-6-2-8-18-16(14)20(15)11-13-5-3-9-21-13/h2,6,8,12-13,17H,1,3-5,7,9-11H2. The van der Waals surface area contributed by atoms with Crippen LogP contribution in [-0.2, 0) is 17.7 Å². The summed E-state index contributed by atoms with van der Waals surface area (Å²) in [5.41, 5.74) is 2.00. The number of rotatable bonds is 4. The largest absolute Gasteiger partial charge is 0.376 e. The van der Waals surface area contributed by atoms with Gasteiger partial charge in [-0.05, 0) is 44.4 Å². The summed E-state index contributed by atoms with van der Waals surface area (Å²) in [7, 11) is 0.